The van der Waals surface area contributed by atoms with Gasteiger partial charge in [-0.25, -0.2) is 4.98 Å². The fraction of sp³-hybridized carbons (Fsp3) is 0.188. The molecule has 0 bridgehead atoms. The van der Waals surface area contributed by atoms with Crippen LogP contribution in [-0.4, -0.2) is 53.8 Å². The Morgan fingerprint density at radius 2 is 1.55 bits per heavy atom. The molecule has 3 amide bonds. The number of amides is 3. The second-order valence-electron chi connectivity index (χ2n) is 9.96. The standard InChI is InChI=1S/C32H29Cl2N5O3/c1-20-30(26(22-7-4-3-5-8-22)19-29(35-20)39-15-13-38(14-16-39)21(2)40)32(42)36-25-11-12-27(34)28(18-25)37-31(41)23-9-6-10-24(33)17-23/h3-12,17-19H,13-16H2,1-2H3,(H,36,42)(H,37,41). The Bertz CT molecular complexity index is 1650. The molecule has 3 aromatic carbocycles. The zero-order valence-corrected chi connectivity index (χ0v) is 24.7. The number of pyridine rings is 1. The highest BCUT2D eigenvalue weighted by Crippen LogP contribution is 2.32. The summed E-state index contributed by atoms with van der Waals surface area (Å²) in [5.41, 5.74) is 3.81. The largest absolute Gasteiger partial charge is 0.353 e. The van der Waals surface area contributed by atoms with E-state index < -0.39 is 0 Å². The van der Waals surface area contributed by atoms with Crippen LogP contribution < -0.4 is 15.5 Å². The highest BCUT2D eigenvalue weighted by Gasteiger charge is 2.24. The summed E-state index contributed by atoms with van der Waals surface area (Å²) in [5.74, 6) is 0.0871. The molecular weight excluding hydrogens is 573 g/mol. The van der Waals surface area contributed by atoms with Gasteiger partial charge in [0.1, 0.15) is 5.82 Å². The summed E-state index contributed by atoms with van der Waals surface area (Å²) >= 11 is 12.4. The van der Waals surface area contributed by atoms with Crippen LogP contribution in [0.1, 0.15) is 33.3 Å². The van der Waals surface area contributed by atoms with Crippen LogP contribution in [0.25, 0.3) is 11.1 Å². The fourth-order valence-electron chi connectivity index (χ4n) is 4.92. The molecule has 1 aromatic heterocycles. The number of rotatable bonds is 6. The molecule has 1 fully saturated rings. The van der Waals surface area contributed by atoms with Gasteiger partial charge >= 0.3 is 0 Å². The Hall–Kier alpha value is -4.40. The van der Waals surface area contributed by atoms with Gasteiger partial charge in [-0.3, -0.25) is 14.4 Å². The van der Waals surface area contributed by atoms with E-state index in [2.05, 4.69) is 15.5 Å². The first-order valence-electron chi connectivity index (χ1n) is 13.4. The third-order valence-electron chi connectivity index (χ3n) is 7.11. The van der Waals surface area contributed by atoms with Gasteiger partial charge in [0.2, 0.25) is 5.91 Å². The number of nitrogens with zero attached hydrogens (tertiary/aromatic N) is 3. The smallest absolute Gasteiger partial charge is 0.258 e. The normalized spacial score (nSPS) is 13.0. The minimum absolute atomic E-state index is 0.0603. The van der Waals surface area contributed by atoms with Crippen molar-refractivity contribution in [3.05, 3.63) is 106 Å². The lowest BCUT2D eigenvalue weighted by atomic mass is 9.98. The molecule has 0 aliphatic carbocycles. The van der Waals surface area contributed by atoms with Gasteiger partial charge in [-0.15, -0.1) is 0 Å². The van der Waals surface area contributed by atoms with E-state index in [0.717, 1.165) is 16.9 Å². The van der Waals surface area contributed by atoms with Crippen LogP contribution in [0.15, 0.2) is 78.9 Å². The van der Waals surface area contributed by atoms with E-state index in [-0.39, 0.29) is 17.7 Å². The number of hydrogen-bond donors (Lipinski definition) is 2. The van der Waals surface area contributed by atoms with Gasteiger partial charge in [0, 0.05) is 49.4 Å². The minimum Gasteiger partial charge on any atom is -0.353 e. The summed E-state index contributed by atoms with van der Waals surface area (Å²) in [6.07, 6.45) is 0. The van der Waals surface area contributed by atoms with E-state index in [4.69, 9.17) is 28.2 Å². The van der Waals surface area contributed by atoms with Gasteiger partial charge < -0.3 is 20.4 Å². The Morgan fingerprint density at radius 3 is 2.24 bits per heavy atom. The second-order valence-corrected chi connectivity index (χ2v) is 10.8. The zero-order chi connectivity index (χ0) is 29.8. The van der Waals surface area contributed by atoms with E-state index in [1.165, 1.54) is 0 Å². The van der Waals surface area contributed by atoms with Crippen LogP contribution in [0, 0.1) is 6.92 Å². The number of halogens is 2. The maximum atomic E-state index is 13.8. The Balaban J connectivity index is 1.42. The van der Waals surface area contributed by atoms with Gasteiger partial charge in [0.15, 0.2) is 0 Å². The number of carbonyl (C=O) groups excluding carboxylic acids is 3. The lowest BCUT2D eigenvalue weighted by Crippen LogP contribution is -2.48. The van der Waals surface area contributed by atoms with Crippen molar-refractivity contribution in [3.8, 4) is 11.1 Å². The third-order valence-corrected chi connectivity index (χ3v) is 7.67. The molecular formula is C32H29Cl2N5O3. The van der Waals surface area contributed by atoms with Crippen LogP contribution in [-0.2, 0) is 4.79 Å². The summed E-state index contributed by atoms with van der Waals surface area (Å²) in [7, 11) is 0. The van der Waals surface area contributed by atoms with Gasteiger partial charge in [-0.1, -0.05) is 59.6 Å². The molecule has 8 nitrogen and oxygen atoms in total. The van der Waals surface area contributed by atoms with Crippen LogP contribution in [0.4, 0.5) is 17.2 Å². The molecule has 1 saturated heterocycles. The summed E-state index contributed by atoms with van der Waals surface area (Å²) in [6, 6.07) is 23.1. The van der Waals surface area contributed by atoms with Crippen molar-refractivity contribution in [1.29, 1.82) is 0 Å². The van der Waals surface area contributed by atoms with Crippen LogP contribution >= 0.6 is 23.2 Å². The lowest BCUT2D eigenvalue weighted by molar-refractivity contribution is -0.129. The molecule has 2 heterocycles. The number of aromatic nitrogens is 1. The van der Waals surface area contributed by atoms with E-state index in [1.807, 2.05) is 48.2 Å². The Labute approximate surface area is 254 Å². The lowest BCUT2D eigenvalue weighted by Gasteiger charge is -2.35. The maximum absolute atomic E-state index is 13.8. The van der Waals surface area contributed by atoms with Gasteiger partial charge in [-0.05, 0) is 60.5 Å². The molecule has 0 saturated carbocycles. The van der Waals surface area contributed by atoms with Crippen LogP contribution in [0.2, 0.25) is 10.0 Å². The second kappa shape index (κ2) is 12.6. The average molecular weight is 603 g/mol. The van der Waals surface area contributed by atoms with Gasteiger partial charge in [-0.2, -0.15) is 0 Å². The van der Waals surface area contributed by atoms with Crippen molar-refractivity contribution < 1.29 is 14.4 Å². The number of piperazine rings is 1. The van der Waals surface area contributed by atoms with E-state index in [1.54, 1.807) is 49.4 Å². The highest BCUT2D eigenvalue weighted by molar-refractivity contribution is 6.34. The van der Waals surface area contributed by atoms with Crippen molar-refractivity contribution in [2.24, 2.45) is 0 Å². The van der Waals surface area contributed by atoms with Crippen molar-refractivity contribution >= 4 is 58.1 Å². The molecule has 1 aliphatic heterocycles. The Morgan fingerprint density at radius 1 is 0.810 bits per heavy atom. The summed E-state index contributed by atoms with van der Waals surface area (Å²) in [5, 5.41) is 6.50. The molecule has 0 atom stereocenters. The molecule has 1 aliphatic rings. The SMILES string of the molecule is CC(=O)N1CCN(c2cc(-c3ccccc3)c(C(=O)Nc3ccc(Cl)c(NC(=O)c4cccc(Cl)c4)c3)c(C)n2)CC1. The molecule has 5 rings (SSSR count). The van der Waals surface area contributed by atoms with E-state index in [0.29, 0.717) is 64.4 Å². The summed E-state index contributed by atoms with van der Waals surface area (Å²) < 4.78 is 0. The van der Waals surface area contributed by atoms with Gasteiger partial charge in [0.25, 0.3) is 11.8 Å². The van der Waals surface area contributed by atoms with Crippen LogP contribution in [0.5, 0.6) is 0 Å². The predicted octanol–water partition coefficient (Wildman–Crippen LogP) is 6.54. The molecule has 2 N–H and O–H groups in total. The first kappa shape index (κ1) is 29.1. The number of anilines is 3. The van der Waals surface area contributed by atoms with Crippen LogP contribution in [0.3, 0.4) is 0 Å². The van der Waals surface area contributed by atoms with Gasteiger partial charge in [0.05, 0.1) is 22.0 Å². The summed E-state index contributed by atoms with van der Waals surface area (Å²) in [4.78, 5) is 47.1. The fourth-order valence-corrected chi connectivity index (χ4v) is 5.27. The molecule has 42 heavy (non-hydrogen) atoms. The first-order valence-corrected chi connectivity index (χ1v) is 14.2. The third kappa shape index (κ3) is 6.56. The summed E-state index contributed by atoms with van der Waals surface area (Å²) in [6.45, 7) is 5.93. The maximum Gasteiger partial charge on any atom is 0.258 e. The average Bonchev–Trinajstić information content (AvgIpc) is 2.98. The molecule has 0 radical (unpaired) electrons. The quantitative estimate of drug-likeness (QED) is 0.262. The van der Waals surface area contributed by atoms with E-state index >= 15 is 0 Å². The zero-order valence-electron chi connectivity index (χ0n) is 23.2. The topological polar surface area (TPSA) is 94.6 Å². The number of aryl methyl sites for hydroxylation is 1. The minimum atomic E-state index is -0.381. The highest BCUT2D eigenvalue weighted by atomic mass is 35.5. The van der Waals surface area contributed by atoms with Crippen molar-refractivity contribution in [1.82, 2.24) is 9.88 Å². The number of hydrogen-bond acceptors (Lipinski definition) is 5. The molecule has 0 unspecified atom stereocenters. The predicted molar refractivity (Wildman–Crippen MR) is 168 cm³/mol. The van der Waals surface area contributed by atoms with Crippen molar-refractivity contribution in [2.45, 2.75) is 13.8 Å². The van der Waals surface area contributed by atoms with E-state index in [9.17, 15) is 14.4 Å². The van der Waals surface area contributed by atoms with Crippen molar-refractivity contribution in [3.63, 3.8) is 0 Å². The van der Waals surface area contributed by atoms with Crippen molar-refractivity contribution in [2.75, 3.05) is 41.7 Å². The molecule has 0 spiro atoms. The Kier molecular flexibility index (Phi) is 8.75. The number of carbonyl (C=O) groups is 3. The first-order chi connectivity index (χ1) is 20.2. The molecule has 214 valence electrons. The monoisotopic (exact) mass is 601 g/mol. The number of benzene rings is 3. The molecule has 4 aromatic rings. The number of nitrogens with one attached hydrogen (secondary N) is 2. The molecule has 10 heteroatoms.